The van der Waals surface area contributed by atoms with E-state index in [1.54, 1.807) is 23.1 Å². The molecule has 1 fully saturated rings. The smallest absolute Gasteiger partial charge is 0.269 e. The number of rotatable bonds is 5. The van der Waals surface area contributed by atoms with Gasteiger partial charge in [0.05, 0.1) is 17.8 Å². The maximum atomic E-state index is 12.7. The fourth-order valence-electron chi connectivity index (χ4n) is 3.42. The van der Waals surface area contributed by atoms with Gasteiger partial charge in [0.2, 0.25) is 0 Å². The van der Waals surface area contributed by atoms with Crippen molar-refractivity contribution in [1.82, 2.24) is 19.1 Å². The number of hydrogen-bond acceptors (Lipinski definition) is 6. The molecule has 0 saturated heterocycles. The van der Waals surface area contributed by atoms with Crippen LogP contribution in [0.5, 0.6) is 0 Å². The van der Waals surface area contributed by atoms with Crippen molar-refractivity contribution in [2.75, 3.05) is 5.32 Å². The minimum absolute atomic E-state index is 0.109. The molecule has 152 valence electrons. The zero-order valence-corrected chi connectivity index (χ0v) is 16.5. The highest BCUT2D eigenvalue weighted by Gasteiger charge is 2.48. The third-order valence-electron chi connectivity index (χ3n) is 5.02. The number of fused-ring (bicyclic) bond motifs is 1. The van der Waals surface area contributed by atoms with E-state index in [2.05, 4.69) is 15.4 Å². The molecule has 10 heteroatoms. The van der Waals surface area contributed by atoms with E-state index in [0.29, 0.717) is 25.2 Å². The Bertz CT molecular complexity index is 1270. The molecule has 9 nitrogen and oxygen atoms in total. The topological polar surface area (TPSA) is 114 Å². The second-order valence-electron chi connectivity index (χ2n) is 7.22. The third-order valence-corrected chi connectivity index (χ3v) is 6.90. The van der Waals surface area contributed by atoms with Crippen LogP contribution in [0.3, 0.4) is 0 Å². The zero-order chi connectivity index (χ0) is 20.9. The van der Waals surface area contributed by atoms with Crippen molar-refractivity contribution < 1.29 is 18.0 Å². The molecule has 1 N–H and O–H groups in total. The van der Waals surface area contributed by atoms with Crippen LogP contribution >= 0.6 is 0 Å². The van der Waals surface area contributed by atoms with E-state index in [4.69, 9.17) is 0 Å². The quantitative estimate of drug-likeness (QED) is 0.670. The van der Waals surface area contributed by atoms with Gasteiger partial charge in [0.25, 0.3) is 21.8 Å². The second-order valence-corrected chi connectivity index (χ2v) is 9.01. The van der Waals surface area contributed by atoms with E-state index < -0.39 is 21.8 Å². The summed E-state index contributed by atoms with van der Waals surface area (Å²) in [6.45, 7) is 0.451. The molecule has 2 aromatic heterocycles. The highest BCUT2D eigenvalue weighted by molar-refractivity contribution is 7.90. The minimum atomic E-state index is -3.91. The number of pyridine rings is 1. The fourth-order valence-corrected chi connectivity index (χ4v) is 5.26. The number of nitrogens with one attached hydrogen (secondary N) is 1. The Hall–Kier alpha value is -3.53. The van der Waals surface area contributed by atoms with Crippen molar-refractivity contribution in [3.05, 3.63) is 71.7 Å². The molecule has 1 aliphatic carbocycles. The molecule has 3 heterocycles. The number of benzene rings is 1. The Morgan fingerprint density at radius 1 is 1.17 bits per heavy atom. The lowest BCUT2D eigenvalue weighted by Crippen LogP contribution is -2.31. The van der Waals surface area contributed by atoms with Crippen LogP contribution in [0, 0.1) is 0 Å². The normalized spacial score (nSPS) is 17.1. The van der Waals surface area contributed by atoms with Crippen LogP contribution in [-0.2, 0) is 16.6 Å². The Labute approximate surface area is 172 Å². The summed E-state index contributed by atoms with van der Waals surface area (Å²) in [5, 5.41) is 6.95. The van der Waals surface area contributed by atoms with Crippen molar-refractivity contribution in [2.24, 2.45) is 0 Å². The number of carbonyl (C=O) groups is 2. The summed E-state index contributed by atoms with van der Waals surface area (Å²) in [4.78, 5) is 29.2. The van der Waals surface area contributed by atoms with Gasteiger partial charge in [-0.1, -0.05) is 6.07 Å². The first-order valence-electron chi connectivity index (χ1n) is 9.41. The number of anilines is 1. The molecule has 2 aliphatic rings. The molecule has 1 aliphatic heterocycles. The van der Waals surface area contributed by atoms with E-state index in [1.807, 2.05) is 18.2 Å². The number of carbonyl (C=O) groups excluding carboxylic acids is 2. The van der Waals surface area contributed by atoms with Gasteiger partial charge < -0.3 is 5.32 Å². The predicted molar refractivity (Wildman–Crippen MR) is 106 cm³/mol. The standard InChI is InChI=1S/C20H17N5O4S/c26-19(22-18-8-10-24(23-18)12-14-3-1-2-9-21-14)13-4-7-16-17(11-13)30(28,29)25(20(16)27)15-5-6-15/h1-4,7-11,15H,5-6,12H2,(H,22,23,26). The summed E-state index contributed by atoms with van der Waals surface area (Å²) in [5.74, 6) is -0.698. The van der Waals surface area contributed by atoms with Gasteiger partial charge >= 0.3 is 0 Å². The molecule has 2 amide bonds. The molecule has 0 atom stereocenters. The van der Waals surface area contributed by atoms with Crippen molar-refractivity contribution in [3.63, 3.8) is 0 Å². The van der Waals surface area contributed by atoms with Gasteiger partial charge in [-0.2, -0.15) is 5.10 Å². The van der Waals surface area contributed by atoms with E-state index in [1.165, 1.54) is 18.2 Å². The second kappa shape index (κ2) is 6.77. The van der Waals surface area contributed by atoms with Crippen molar-refractivity contribution in [1.29, 1.82) is 0 Å². The summed E-state index contributed by atoms with van der Waals surface area (Å²) < 4.78 is 28.1. The number of hydrogen-bond donors (Lipinski definition) is 1. The van der Waals surface area contributed by atoms with Gasteiger partial charge in [-0.05, 0) is 43.2 Å². The van der Waals surface area contributed by atoms with Crippen LogP contribution in [0.2, 0.25) is 0 Å². The maximum absolute atomic E-state index is 12.7. The predicted octanol–water partition coefficient (Wildman–Crippen LogP) is 1.89. The molecule has 1 aromatic carbocycles. The molecular formula is C20H17N5O4S. The Morgan fingerprint density at radius 3 is 2.73 bits per heavy atom. The van der Waals surface area contributed by atoms with E-state index >= 15 is 0 Å². The average Bonchev–Trinajstić information content (AvgIpc) is 3.42. The van der Waals surface area contributed by atoms with Crippen molar-refractivity contribution in [2.45, 2.75) is 30.3 Å². The first kappa shape index (κ1) is 18.5. The van der Waals surface area contributed by atoms with Gasteiger partial charge in [-0.3, -0.25) is 19.3 Å². The van der Waals surface area contributed by atoms with Crippen LogP contribution in [-0.4, -0.2) is 45.3 Å². The van der Waals surface area contributed by atoms with Crippen molar-refractivity contribution >= 4 is 27.7 Å². The summed E-state index contributed by atoms with van der Waals surface area (Å²) in [6, 6.07) is 11.0. The SMILES string of the molecule is O=C(Nc1ccn(Cc2ccccn2)n1)c1ccc2c(c1)S(=O)(=O)N(C1CC1)C2=O. The lowest BCUT2D eigenvalue weighted by Gasteiger charge is -2.13. The van der Waals surface area contributed by atoms with E-state index in [9.17, 15) is 18.0 Å². The summed E-state index contributed by atoms with van der Waals surface area (Å²) >= 11 is 0. The monoisotopic (exact) mass is 423 g/mol. The molecule has 1 saturated carbocycles. The van der Waals surface area contributed by atoms with E-state index in [0.717, 1.165) is 10.00 Å². The Morgan fingerprint density at radius 2 is 2.00 bits per heavy atom. The summed E-state index contributed by atoms with van der Waals surface area (Å²) in [6.07, 6.45) is 4.75. The Balaban J connectivity index is 1.35. The number of amides is 2. The lowest BCUT2D eigenvalue weighted by atomic mass is 10.1. The number of nitrogens with zero attached hydrogens (tertiary/aromatic N) is 4. The number of sulfonamides is 1. The Kier molecular flexibility index (Phi) is 4.17. The van der Waals surface area contributed by atoms with Gasteiger partial charge in [0.1, 0.15) is 4.90 Å². The van der Waals surface area contributed by atoms with Crippen LogP contribution in [0.15, 0.2) is 59.8 Å². The summed E-state index contributed by atoms with van der Waals surface area (Å²) in [5.41, 5.74) is 1.08. The van der Waals surface area contributed by atoms with Crippen LogP contribution in [0.25, 0.3) is 0 Å². The first-order chi connectivity index (χ1) is 14.4. The molecule has 5 rings (SSSR count). The zero-order valence-electron chi connectivity index (χ0n) is 15.7. The molecule has 0 bridgehead atoms. The molecule has 0 unspecified atom stereocenters. The third kappa shape index (κ3) is 3.14. The van der Waals surface area contributed by atoms with E-state index in [-0.39, 0.29) is 22.1 Å². The van der Waals surface area contributed by atoms with Gasteiger partial charge in [-0.25, -0.2) is 12.7 Å². The summed E-state index contributed by atoms with van der Waals surface area (Å²) in [7, 11) is -3.91. The molecule has 30 heavy (non-hydrogen) atoms. The number of aromatic nitrogens is 3. The molecule has 0 radical (unpaired) electrons. The van der Waals surface area contributed by atoms with Gasteiger partial charge in [0, 0.05) is 30.1 Å². The van der Waals surface area contributed by atoms with Gasteiger partial charge in [-0.15, -0.1) is 0 Å². The van der Waals surface area contributed by atoms with Crippen molar-refractivity contribution in [3.8, 4) is 0 Å². The van der Waals surface area contributed by atoms with Crippen LogP contribution in [0.1, 0.15) is 39.3 Å². The first-order valence-corrected chi connectivity index (χ1v) is 10.8. The van der Waals surface area contributed by atoms with Crippen LogP contribution < -0.4 is 5.32 Å². The minimum Gasteiger partial charge on any atom is -0.305 e. The molecule has 3 aromatic rings. The fraction of sp³-hybridized carbons (Fsp3) is 0.200. The largest absolute Gasteiger partial charge is 0.305 e. The van der Waals surface area contributed by atoms with Gasteiger partial charge in [0.15, 0.2) is 5.82 Å². The maximum Gasteiger partial charge on any atom is 0.269 e. The molecular weight excluding hydrogens is 406 g/mol. The highest BCUT2D eigenvalue weighted by atomic mass is 32.2. The molecule has 0 spiro atoms. The average molecular weight is 423 g/mol. The lowest BCUT2D eigenvalue weighted by molar-refractivity contribution is 0.0864. The van der Waals surface area contributed by atoms with Crippen LogP contribution in [0.4, 0.5) is 5.82 Å². The highest BCUT2D eigenvalue weighted by Crippen LogP contribution is 2.39.